The maximum Gasteiger partial charge on any atom is 0.186 e. The number of hydrogen-bond donors (Lipinski definition) is 0. The molecule has 0 unspecified atom stereocenters. The number of ketones is 2. The second kappa shape index (κ2) is 13.3. The van der Waals surface area contributed by atoms with Crippen LogP contribution < -0.4 is 0 Å². The summed E-state index contributed by atoms with van der Waals surface area (Å²) in [5.74, 6) is 0.251. The van der Waals surface area contributed by atoms with Crippen LogP contribution in [-0.2, 0) is 9.59 Å². The summed E-state index contributed by atoms with van der Waals surface area (Å²) < 4.78 is 0. The summed E-state index contributed by atoms with van der Waals surface area (Å²) in [6, 6.07) is 29.8. The zero-order chi connectivity index (χ0) is 36.8. The van der Waals surface area contributed by atoms with E-state index >= 15 is 0 Å². The van der Waals surface area contributed by atoms with Gasteiger partial charge in [0.25, 0.3) is 0 Å². The Morgan fingerprint density at radius 3 is 0.880 bits per heavy atom. The van der Waals surface area contributed by atoms with Gasteiger partial charge in [0.1, 0.15) is 0 Å². The third-order valence-electron chi connectivity index (χ3n) is 9.55. The molecule has 0 bridgehead atoms. The SMILES string of the molecule is CC(C)(C)C1=CC(=C(c2ccccc2)c2cccc(C(=C3C=C(C(C)(C)C)C(=O)C(C(C)(C)C)=C3)c3ccccc3)c2)C=C(C(C)(C)C)C1=O. The Balaban J connectivity index is 1.89. The third kappa shape index (κ3) is 7.60. The lowest BCUT2D eigenvalue weighted by Crippen LogP contribution is -2.28. The van der Waals surface area contributed by atoms with E-state index in [9.17, 15) is 9.59 Å². The van der Waals surface area contributed by atoms with Gasteiger partial charge in [-0.1, -0.05) is 162 Å². The van der Waals surface area contributed by atoms with Gasteiger partial charge in [-0.25, -0.2) is 0 Å². The largest absolute Gasteiger partial charge is 0.289 e. The average molecular weight is 663 g/mol. The maximum absolute atomic E-state index is 14.0. The molecule has 0 spiro atoms. The van der Waals surface area contributed by atoms with Crippen molar-refractivity contribution in [3.05, 3.63) is 165 Å². The van der Waals surface area contributed by atoms with Crippen LogP contribution in [0, 0.1) is 21.7 Å². The van der Waals surface area contributed by atoms with E-state index in [-0.39, 0.29) is 33.2 Å². The average Bonchev–Trinajstić information content (AvgIpc) is 3.01. The molecule has 3 aromatic carbocycles. The topological polar surface area (TPSA) is 34.1 Å². The second-order valence-electron chi connectivity index (χ2n) is 17.9. The standard InChI is InChI=1S/C48H54O2/c1-45(2,3)37-27-35(28-38(43(37)49)46(4,5)6)41(31-20-15-13-16-21-31)33-24-19-25-34(26-33)42(32-22-17-14-18-23-32)36-29-39(47(7,8)9)44(50)40(30-36)48(10,11)12/h13-30H,1-12H3. The number of benzene rings is 3. The van der Waals surface area contributed by atoms with E-state index in [0.29, 0.717) is 0 Å². The van der Waals surface area contributed by atoms with Gasteiger partial charge in [-0.3, -0.25) is 9.59 Å². The van der Waals surface area contributed by atoms with Gasteiger partial charge in [-0.15, -0.1) is 0 Å². The molecule has 0 N–H and O–H groups in total. The first-order valence-corrected chi connectivity index (χ1v) is 17.9. The Morgan fingerprint density at radius 1 is 0.360 bits per heavy atom. The van der Waals surface area contributed by atoms with Crippen molar-refractivity contribution in [2.24, 2.45) is 21.7 Å². The van der Waals surface area contributed by atoms with Gasteiger partial charge < -0.3 is 0 Å². The van der Waals surface area contributed by atoms with E-state index in [0.717, 1.165) is 66.8 Å². The fourth-order valence-corrected chi connectivity index (χ4v) is 6.81. The van der Waals surface area contributed by atoms with Gasteiger partial charge in [-0.2, -0.15) is 0 Å². The highest BCUT2D eigenvalue weighted by atomic mass is 16.1. The number of Topliss-reactive ketones (excluding diaryl/α,β-unsaturated/α-hetero) is 2. The first kappa shape index (κ1) is 36.7. The van der Waals surface area contributed by atoms with Gasteiger partial charge in [0.2, 0.25) is 0 Å². The fourth-order valence-electron chi connectivity index (χ4n) is 6.81. The summed E-state index contributed by atoms with van der Waals surface area (Å²) in [5, 5.41) is 0. The Labute approximate surface area is 301 Å². The van der Waals surface area contributed by atoms with Crippen molar-refractivity contribution in [3.63, 3.8) is 0 Å². The molecule has 0 aliphatic heterocycles. The minimum atomic E-state index is -0.325. The molecule has 5 rings (SSSR count). The van der Waals surface area contributed by atoms with Gasteiger partial charge in [-0.05, 0) is 96.6 Å². The maximum atomic E-state index is 14.0. The molecule has 0 saturated carbocycles. The van der Waals surface area contributed by atoms with Crippen LogP contribution in [0.5, 0.6) is 0 Å². The minimum absolute atomic E-state index is 0.126. The molecule has 258 valence electrons. The lowest BCUT2D eigenvalue weighted by atomic mass is 9.70. The molecule has 0 amide bonds. The molecule has 2 heteroatoms. The molecule has 2 nitrogen and oxygen atoms in total. The number of carbonyl (C=O) groups is 2. The summed E-state index contributed by atoms with van der Waals surface area (Å²) in [5.41, 5.74) is 10.5. The third-order valence-corrected chi connectivity index (χ3v) is 9.55. The predicted molar refractivity (Wildman–Crippen MR) is 212 cm³/mol. The molecule has 2 aliphatic rings. The first-order valence-electron chi connectivity index (χ1n) is 17.9. The normalized spacial score (nSPS) is 16.1. The molecular formula is C48H54O2. The van der Waals surface area contributed by atoms with Crippen LogP contribution in [0.1, 0.15) is 105 Å². The van der Waals surface area contributed by atoms with Crippen molar-refractivity contribution in [1.29, 1.82) is 0 Å². The summed E-state index contributed by atoms with van der Waals surface area (Å²) in [6.07, 6.45) is 8.47. The first-order chi connectivity index (χ1) is 23.2. The van der Waals surface area contributed by atoms with Crippen molar-refractivity contribution >= 4 is 22.7 Å². The summed E-state index contributed by atoms with van der Waals surface area (Å²) in [4.78, 5) is 27.9. The van der Waals surface area contributed by atoms with Crippen LogP contribution in [-0.4, -0.2) is 11.6 Å². The van der Waals surface area contributed by atoms with Crippen molar-refractivity contribution < 1.29 is 9.59 Å². The molecule has 0 radical (unpaired) electrons. The quantitative estimate of drug-likeness (QED) is 0.279. The van der Waals surface area contributed by atoms with Crippen LogP contribution in [0.25, 0.3) is 11.1 Å². The Kier molecular flexibility index (Phi) is 9.76. The Morgan fingerprint density at radius 2 is 0.620 bits per heavy atom. The minimum Gasteiger partial charge on any atom is -0.289 e. The van der Waals surface area contributed by atoms with E-state index in [2.05, 4.69) is 180 Å². The number of hydrogen-bond acceptors (Lipinski definition) is 2. The number of rotatable bonds is 4. The van der Waals surface area contributed by atoms with E-state index in [1.807, 2.05) is 12.1 Å². The van der Waals surface area contributed by atoms with Crippen LogP contribution >= 0.6 is 0 Å². The van der Waals surface area contributed by atoms with Crippen LogP contribution in [0.15, 0.2) is 143 Å². The van der Waals surface area contributed by atoms with E-state index < -0.39 is 0 Å². The molecule has 3 aromatic rings. The summed E-state index contributed by atoms with van der Waals surface area (Å²) in [6.45, 7) is 25.4. The van der Waals surface area contributed by atoms with Crippen LogP contribution in [0.3, 0.4) is 0 Å². The van der Waals surface area contributed by atoms with Crippen molar-refractivity contribution in [2.45, 2.75) is 83.1 Å². The Hall–Kier alpha value is -4.56. The molecule has 0 fully saturated rings. The van der Waals surface area contributed by atoms with Crippen LogP contribution in [0.2, 0.25) is 0 Å². The van der Waals surface area contributed by atoms with E-state index in [1.54, 1.807) is 0 Å². The molecule has 0 heterocycles. The van der Waals surface area contributed by atoms with E-state index in [1.165, 1.54) is 0 Å². The van der Waals surface area contributed by atoms with Gasteiger partial charge >= 0.3 is 0 Å². The van der Waals surface area contributed by atoms with Crippen molar-refractivity contribution in [1.82, 2.24) is 0 Å². The molecule has 0 aromatic heterocycles. The predicted octanol–water partition coefficient (Wildman–Crippen LogP) is 12.3. The van der Waals surface area contributed by atoms with Gasteiger partial charge in [0, 0.05) is 22.3 Å². The zero-order valence-corrected chi connectivity index (χ0v) is 32.2. The zero-order valence-electron chi connectivity index (χ0n) is 32.2. The number of allylic oxidation sites excluding steroid dienone is 10. The highest BCUT2D eigenvalue weighted by Crippen LogP contribution is 2.44. The summed E-state index contributed by atoms with van der Waals surface area (Å²) >= 11 is 0. The second-order valence-corrected chi connectivity index (χ2v) is 17.9. The fraction of sp³-hybridized carbons (Fsp3) is 0.333. The smallest absolute Gasteiger partial charge is 0.186 e. The Bertz CT molecular complexity index is 1790. The van der Waals surface area contributed by atoms with Crippen LogP contribution in [0.4, 0.5) is 0 Å². The highest BCUT2D eigenvalue weighted by Gasteiger charge is 2.36. The lowest BCUT2D eigenvalue weighted by molar-refractivity contribution is -0.114. The van der Waals surface area contributed by atoms with Gasteiger partial charge in [0.15, 0.2) is 11.6 Å². The van der Waals surface area contributed by atoms with Crippen molar-refractivity contribution in [2.75, 3.05) is 0 Å². The highest BCUT2D eigenvalue weighted by molar-refractivity contribution is 6.13. The number of carbonyl (C=O) groups excluding carboxylic acids is 2. The van der Waals surface area contributed by atoms with E-state index in [4.69, 9.17) is 0 Å². The molecule has 0 saturated heterocycles. The van der Waals surface area contributed by atoms with Crippen molar-refractivity contribution in [3.8, 4) is 0 Å². The molecule has 50 heavy (non-hydrogen) atoms. The van der Waals surface area contributed by atoms with Gasteiger partial charge in [0.05, 0.1) is 0 Å². The molecule has 2 aliphatic carbocycles. The summed E-state index contributed by atoms with van der Waals surface area (Å²) in [7, 11) is 0. The monoisotopic (exact) mass is 662 g/mol. The molecular weight excluding hydrogens is 609 g/mol. The molecule has 0 atom stereocenters. The lowest BCUT2D eigenvalue weighted by Gasteiger charge is -2.32.